The highest BCUT2D eigenvalue weighted by atomic mass is 16.6. The summed E-state index contributed by atoms with van der Waals surface area (Å²) in [7, 11) is 0. The molecule has 29 heavy (non-hydrogen) atoms. The van der Waals surface area contributed by atoms with Gasteiger partial charge in [-0.05, 0) is 23.1 Å². The first-order valence-electron chi connectivity index (χ1n) is 10.0. The van der Waals surface area contributed by atoms with E-state index in [9.17, 15) is 10.2 Å². The van der Waals surface area contributed by atoms with Gasteiger partial charge in [0.2, 0.25) is 0 Å². The molecule has 3 atom stereocenters. The zero-order chi connectivity index (χ0) is 20.1. The largest absolute Gasteiger partial charge is 0.390 e. The first-order chi connectivity index (χ1) is 14.2. The molecule has 3 aromatic rings. The van der Waals surface area contributed by atoms with E-state index in [1.807, 2.05) is 91.0 Å². The fraction of sp³-hybridized carbons (Fsp3) is 0.280. The van der Waals surface area contributed by atoms with Crippen molar-refractivity contribution in [3.8, 4) is 0 Å². The average molecular weight is 390 g/mol. The third-order valence-corrected chi connectivity index (χ3v) is 5.48. The molecule has 0 aliphatic carbocycles. The van der Waals surface area contributed by atoms with E-state index in [-0.39, 0.29) is 6.61 Å². The van der Waals surface area contributed by atoms with Crippen LogP contribution in [-0.2, 0) is 15.1 Å². The second kappa shape index (κ2) is 8.89. The van der Waals surface area contributed by atoms with Gasteiger partial charge in [-0.2, -0.15) is 0 Å². The van der Waals surface area contributed by atoms with Crippen molar-refractivity contribution in [1.29, 1.82) is 0 Å². The van der Waals surface area contributed by atoms with Crippen LogP contribution in [0.4, 0.5) is 0 Å². The lowest BCUT2D eigenvalue weighted by Crippen LogP contribution is -2.44. The molecule has 1 fully saturated rings. The molecule has 0 bridgehead atoms. The van der Waals surface area contributed by atoms with E-state index < -0.39 is 24.1 Å². The Hall–Kier alpha value is -2.50. The molecule has 4 heteroatoms. The Morgan fingerprint density at radius 3 is 1.62 bits per heavy atom. The molecular formula is C25H26O4. The van der Waals surface area contributed by atoms with E-state index in [4.69, 9.17) is 9.47 Å². The van der Waals surface area contributed by atoms with E-state index in [0.717, 1.165) is 16.7 Å². The van der Waals surface area contributed by atoms with Crippen LogP contribution >= 0.6 is 0 Å². The van der Waals surface area contributed by atoms with Gasteiger partial charge < -0.3 is 19.7 Å². The lowest BCUT2D eigenvalue weighted by molar-refractivity contribution is -0.219. The lowest BCUT2D eigenvalue weighted by Gasteiger charge is -2.39. The van der Waals surface area contributed by atoms with Crippen LogP contribution in [0.15, 0.2) is 91.0 Å². The summed E-state index contributed by atoms with van der Waals surface area (Å²) in [6.45, 7) is 0.150. The van der Waals surface area contributed by atoms with Crippen molar-refractivity contribution in [2.45, 2.75) is 36.9 Å². The number of aliphatic hydroxyl groups is 2. The van der Waals surface area contributed by atoms with Crippen LogP contribution in [0.1, 0.15) is 29.5 Å². The highest BCUT2D eigenvalue weighted by molar-refractivity contribution is 5.47. The maximum absolute atomic E-state index is 10.4. The van der Waals surface area contributed by atoms with E-state index in [0.29, 0.717) is 12.8 Å². The smallest absolute Gasteiger partial charge is 0.155 e. The van der Waals surface area contributed by atoms with Crippen LogP contribution < -0.4 is 0 Å². The summed E-state index contributed by atoms with van der Waals surface area (Å²) >= 11 is 0. The van der Waals surface area contributed by atoms with Crippen molar-refractivity contribution in [2.75, 3.05) is 6.61 Å². The molecule has 2 N–H and O–H groups in total. The maximum atomic E-state index is 10.4. The topological polar surface area (TPSA) is 58.9 Å². The van der Waals surface area contributed by atoms with Crippen LogP contribution in [0.25, 0.3) is 0 Å². The quantitative estimate of drug-likeness (QED) is 0.628. The average Bonchev–Trinajstić information content (AvgIpc) is 2.79. The number of ether oxygens (including phenoxy) is 2. The van der Waals surface area contributed by atoms with E-state index >= 15 is 0 Å². The van der Waals surface area contributed by atoms with Crippen LogP contribution in [0.5, 0.6) is 0 Å². The third kappa shape index (κ3) is 4.11. The minimum Gasteiger partial charge on any atom is -0.390 e. The summed E-state index contributed by atoms with van der Waals surface area (Å²) in [6.07, 6.45) is -1.21. The third-order valence-electron chi connectivity index (χ3n) is 5.48. The molecule has 1 saturated heterocycles. The molecule has 0 spiro atoms. The van der Waals surface area contributed by atoms with Crippen LogP contribution in [0.2, 0.25) is 0 Å². The van der Waals surface area contributed by atoms with Gasteiger partial charge in [-0.1, -0.05) is 91.0 Å². The molecule has 4 nitrogen and oxygen atoms in total. The summed E-state index contributed by atoms with van der Waals surface area (Å²) in [5.41, 5.74) is 2.10. The number of aliphatic hydroxyl groups excluding tert-OH is 2. The van der Waals surface area contributed by atoms with Gasteiger partial charge in [-0.15, -0.1) is 0 Å². The Morgan fingerprint density at radius 1 is 0.724 bits per heavy atom. The Balaban J connectivity index is 1.79. The Bertz CT molecular complexity index is 786. The standard InChI is InChI=1S/C25H26O4/c26-22-16-17-24(27)29-23(22)18-28-25(19-10-4-1-5-11-19,20-12-6-2-7-13-20)21-14-8-3-9-15-21/h1-15,22-24,26-27H,16-18H2. The van der Waals surface area contributed by atoms with Gasteiger partial charge in [-0.3, -0.25) is 0 Å². The molecule has 1 aliphatic heterocycles. The highest BCUT2D eigenvalue weighted by Gasteiger charge is 2.39. The number of hydrogen-bond donors (Lipinski definition) is 2. The predicted octanol–water partition coefficient (Wildman–Crippen LogP) is 3.85. The van der Waals surface area contributed by atoms with Crippen LogP contribution in [0, 0.1) is 0 Å². The maximum Gasteiger partial charge on any atom is 0.155 e. The van der Waals surface area contributed by atoms with Crippen LogP contribution in [-0.4, -0.2) is 35.3 Å². The second-order valence-electron chi connectivity index (χ2n) is 7.36. The van der Waals surface area contributed by atoms with Gasteiger partial charge >= 0.3 is 0 Å². The fourth-order valence-electron chi connectivity index (χ4n) is 3.99. The summed E-state index contributed by atoms with van der Waals surface area (Å²) in [6, 6.07) is 30.2. The van der Waals surface area contributed by atoms with E-state index in [1.165, 1.54) is 0 Å². The summed E-state index contributed by atoms with van der Waals surface area (Å²) in [4.78, 5) is 0. The van der Waals surface area contributed by atoms with Crippen molar-refractivity contribution in [1.82, 2.24) is 0 Å². The Morgan fingerprint density at radius 2 is 1.17 bits per heavy atom. The van der Waals surface area contributed by atoms with Gasteiger partial charge in [0, 0.05) is 6.42 Å². The Kier molecular flexibility index (Phi) is 6.07. The van der Waals surface area contributed by atoms with Gasteiger partial charge in [0.1, 0.15) is 11.7 Å². The van der Waals surface area contributed by atoms with Crippen molar-refractivity contribution in [2.24, 2.45) is 0 Å². The number of rotatable bonds is 6. The van der Waals surface area contributed by atoms with Crippen molar-refractivity contribution < 1.29 is 19.7 Å². The summed E-state index contributed by atoms with van der Waals surface area (Å²) in [5, 5.41) is 20.3. The lowest BCUT2D eigenvalue weighted by atomic mass is 9.80. The molecule has 0 radical (unpaired) electrons. The molecule has 1 aliphatic rings. The van der Waals surface area contributed by atoms with Gasteiger partial charge in [0.05, 0.1) is 12.7 Å². The number of benzene rings is 3. The Labute approximate surface area is 171 Å². The van der Waals surface area contributed by atoms with E-state index in [1.54, 1.807) is 0 Å². The minimum atomic E-state index is -0.869. The van der Waals surface area contributed by atoms with Gasteiger partial charge in [0.15, 0.2) is 6.29 Å². The predicted molar refractivity (Wildman–Crippen MR) is 111 cm³/mol. The van der Waals surface area contributed by atoms with Crippen molar-refractivity contribution in [3.05, 3.63) is 108 Å². The first kappa shape index (κ1) is 19.8. The molecule has 150 valence electrons. The minimum absolute atomic E-state index is 0.150. The normalized spacial score (nSPS) is 22.3. The first-order valence-corrected chi connectivity index (χ1v) is 10.0. The summed E-state index contributed by atoms with van der Waals surface area (Å²) < 4.78 is 12.2. The van der Waals surface area contributed by atoms with Crippen molar-refractivity contribution in [3.63, 3.8) is 0 Å². The molecular weight excluding hydrogens is 364 g/mol. The zero-order valence-corrected chi connectivity index (χ0v) is 16.2. The van der Waals surface area contributed by atoms with Gasteiger partial charge in [-0.25, -0.2) is 0 Å². The highest BCUT2D eigenvalue weighted by Crippen LogP contribution is 2.41. The summed E-state index contributed by atoms with van der Waals surface area (Å²) in [5.74, 6) is 0. The second-order valence-corrected chi connectivity index (χ2v) is 7.36. The fourth-order valence-corrected chi connectivity index (χ4v) is 3.99. The monoisotopic (exact) mass is 390 g/mol. The molecule has 0 amide bonds. The zero-order valence-electron chi connectivity index (χ0n) is 16.2. The van der Waals surface area contributed by atoms with Crippen LogP contribution in [0.3, 0.4) is 0 Å². The van der Waals surface area contributed by atoms with Gasteiger partial charge in [0.25, 0.3) is 0 Å². The molecule has 4 rings (SSSR count). The molecule has 3 unspecified atom stereocenters. The van der Waals surface area contributed by atoms with E-state index in [2.05, 4.69) is 0 Å². The molecule has 0 saturated carbocycles. The number of hydrogen-bond acceptors (Lipinski definition) is 4. The SMILES string of the molecule is OC1CCC(O)C(COC(c2ccccc2)(c2ccccc2)c2ccccc2)O1. The molecule has 3 aromatic carbocycles. The molecule has 0 aromatic heterocycles. The van der Waals surface area contributed by atoms with Crippen molar-refractivity contribution >= 4 is 0 Å². The molecule has 1 heterocycles.